The van der Waals surface area contributed by atoms with Crippen molar-refractivity contribution in [1.82, 2.24) is 14.9 Å². The molecule has 1 unspecified atom stereocenters. The van der Waals surface area contributed by atoms with Gasteiger partial charge in [-0.3, -0.25) is 4.79 Å². The molecule has 0 saturated heterocycles. The normalized spacial score (nSPS) is 12.1. The van der Waals surface area contributed by atoms with Gasteiger partial charge in [0.05, 0.1) is 17.1 Å². The molecule has 4 rings (SSSR count). The Morgan fingerprint density at radius 1 is 0.967 bits per heavy atom. The monoisotopic (exact) mass is 461 g/mol. The van der Waals surface area contributed by atoms with Gasteiger partial charge < -0.3 is 9.88 Å². The molecule has 0 bridgehead atoms. The Balaban J connectivity index is 1.53. The number of hydrogen-bond donors (Lipinski definition) is 1. The molecule has 4 nitrogen and oxygen atoms in total. The molecule has 152 valence electrons. The first kappa shape index (κ1) is 20.4. The molecule has 0 radical (unpaired) electrons. The van der Waals surface area contributed by atoms with Gasteiger partial charge in [-0.05, 0) is 48.7 Å². The number of carbonyl (C=O) groups excluding carboxylic acids is 1. The fourth-order valence-electron chi connectivity index (χ4n) is 3.64. The number of rotatable bonds is 7. The number of aryl methyl sites for hydroxylation is 1. The third-order valence-corrected chi connectivity index (χ3v) is 5.72. The fraction of sp³-hybridized carbons (Fsp3) is 0.200. The van der Waals surface area contributed by atoms with Crippen molar-refractivity contribution in [3.05, 3.63) is 100 Å². The highest BCUT2D eigenvalue weighted by atomic mass is 79.9. The topological polar surface area (TPSA) is 46.9 Å². The second-order valence-electron chi connectivity index (χ2n) is 7.45. The summed E-state index contributed by atoms with van der Waals surface area (Å²) in [6.07, 6.45) is 1.19. The molecule has 0 fully saturated rings. The number of fused-ring (bicyclic) bond motifs is 1. The summed E-state index contributed by atoms with van der Waals surface area (Å²) in [6, 6.07) is 26.3. The lowest BCUT2D eigenvalue weighted by molar-refractivity contribution is -0.121. The summed E-state index contributed by atoms with van der Waals surface area (Å²) >= 11 is 3.49. The van der Waals surface area contributed by atoms with Crippen molar-refractivity contribution >= 4 is 32.9 Å². The lowest BCUT2D eigenvalue weighted by atomic mass is 10.1. The van der Waals surface area contributed by atoms with Gasteiger partial charge in [0, 0.05) is 17.4 Å². The van der Waals surface area contributed by atoms with Crippen LogP contribution in [0.15, 0.2) is 83.3 Å². The number of aromatic nitrogens is 2. The van der Waals surface area contributed by atoms with E-state index in [1.54, 1.807) is 0 Å². The highest BCUT2D eigenvalue weighted by molar-refractivity contribution is 9.10. The van der Waals surface area contributed by atoms with E-state index in [0.29, 0.717) is 13.0 Å². The molecule has 1 atom stereocenters. The van der Waals surface area contributed by atoms with Crippen molar-refractivity contribution in [1.29, 1.82) is 0 Å². The summed E-state index contributed by atoms with van der Waals surface area (Å²) in [5.41, 5.74) is 4.36. The number of benzene rings is 3. The molecule has 0 saturated carbocycles. The largest absolute Gasteiger partial charge is 0.346 e. The average Bonchev–Trinajstić information content (AvgIpc) is 3.13. The number of amides is 1. The average molecular weight is 462 g/mol. The Hall–Kier alpha value is -2.92. The van der Waals surface area contributed by atoms with E-state index in [1.165, 1.54) is 11.1 Å². The summed E-state index contributed by atoms with van der Waals surface area (Å²) in [7, 11) is 0. The summed E-state index contributed by atoms with van der Waals surface area (Å²) in [4.78, 5) is 17.4. The van der Waals surface area contributed by atoms with Crippen LogP contribution < -0.4 is 5.32 Å². The minimum atomic E-state index is -0.184. The van der Waals surface area contributed by atoms with E-state index in [1.807, 2.05) is 67.6 Å². The quantitative estimate of drug-likeness (QED) is 0.386. The first-order valence-electron chi connectivity index (χ1n) is 10.1. The maximum absolute atomic E-state index is 12.6. The van der Waals surface area contributed by atoms with Gasteiger partial charge in [0.25, 0.3) is 0 Å². The van der Waals surface area contributed by atoms with Crippen molar-refractivity contribution in [3.8, 4) is 0 Å². The summed E-state index contributed by atoms with van der Waals surface area (Å²) < 4.78 is 3.25. The van der Waals surface area contributed by atoms with E-state index in [9.17, 15) is 4.79 Å². The molecule has 1 aromatic heterocycles. The van der Waals surface area contributed by atoms with Gasteiger partial charge in [-0.1, -0.05) is 70.5 Å². The Morgan fingerprint density at radius 2 is 1.67 bits per heavy atom. The van der Waals surface area contributed by atoms with E-state index in [0.717, 1.165) is 27.8 Å². The van der Waals surface area contributed by atoms with Crippen LogP contribution in [0, 0.1) is 0 Å². The van der Waals surface area contributed by atoms with Crippen molar-refractivity contribution in [2.45, 2.75) is 32.4 Å². The van der Waals surface area contributed by atoms with Crippen LogP contribution in [0.4, 0.5) is 0 Å². The summed E-state index contributed by atoms with van der Waals surface area (Å²) in [5.74, 6) is 0.904. The molecule has 1 amide bonds. The molecular formula is C25H24BrN3O. The van der Waals surface area contributed by atoms with Crippen LogP contribution in [-0.2, 0) is 17.8 Å². The van der Waals surface area contributed by atoms with Crippen LogP contribution in [0.5, 0.6) is 0 Å². The molecule has 4 aromatic rings. The van der Waals surface area contributed by atoms with Crippen molar-refractivity contribution in [2.24, 2.45) is 0 Å². The van der Waals surface area contributed by atoms with E-state index in [4.69, 9.17) is 4.98 Å². The van der Waals surface area contributed by atoms with E-state index in [2.05, 4.69) is 44.0 Å². The highest BCUT2D eigenvalue weighted by Gasteiger charge is 2.18. The maximum atomic E-state index is 12.6. The zero-order valence-corrected chi connectivity index (χ0v) is 18.5. The minimum Gasteiger partial charge on any atom is -0.346 e. The predicted molar refractivity (Wildman–Crippen MR) is 124 cm³/mol. The smallest absolute Gasteiger partial charge is 0.220 e. The SMILES string of the molecule is CC(NC(=O)CCc1ccccc1)c1nc2ccccc2n1Cc1ccc(Br)cc1. The fourth-order valence-corrected chi connectivity index (χ4v) is 3.91. The number of carbonyl (C=O) groups is 1. The molecule has 5 heteroatoms. The van der Waals surface area contributed by atoms with Crippen LogP contribution >= 0.6 is 15.9 Å². The van der Waals surface area contributed by atoms with Gasteiger partial charge in [0.2, 0.25) is 5.91 Å². The van der Waals surface area contributed by atoms with Gasteiger partial charge in [0.1, 0.15) is 5.82 Å². The number of hydrogen-bond acceptors (Lipinski definition) is 2. The molecule has 3 aromatic carbocycles. The number of para-hydroxylation sites is 2. The second-order valence-corrected chi connectivity index (χ2v) is 8.36. The first-order chi connectivity index (χ1) is 14.6. The van der Waals surface area contributed by atoms with E-state index in [-0.39, 0.29) is 11.9 Å². The van der Waals surface area contributed by atoms with E-state index < -0.39 is 0 Å². The molecule has 0 aliphatic rings. The van der Waals surface area contributed by atoms with Crippen LogP contribution in [-0.4, -0.2) is 15.5 Å². The lowest BCUT2D eigenvalue weighted by Gasteiger charge is -2.17. The van der Waals surface area contributed by atoms with Crippen LogP contribution in [0.2, 0.25) is 0 Å². The molecule has 0 aliphatic heterocycles. The number of nitrogens with one attached hydrogen (secondary N) is 1. The summed E-state index contributed by atoms with van der Waals surface area (Å²) in [5, 5.41) is 3.13. The third kappa shape index (κ3) is 4.79. The van der Waals surface area contributed by atoms with Gasteiger partial charge in [-0.15, -0.1) is 0 Å². The lowest BCUT2D eigenvalue weighted by Crippen LogP contribution is -2.29. The number of imidazole rings is 1. The molecule has 30 heavy (non-hydrogen) atoms. The molecule has 1 N–H and O–H groups in total. The zero-order valence-electron chi connectivity index (χ0n) is 16.9. The van der Waals surface area contributed by atoms with Crippen LogP contribution in [0.3, 0.4) is 0 Å². The molecule has 0 spiro atoms. The highest BCUT2D eigenvalue weighted by Crippen LogP contribution is 2.23. The third-order valence-electron chi connectivity index (χ3n) is 5.19. The van der Waals surface area contributed by atoms with Gasteiger partial charge in [-0.2, -0.15) is 0 Å². The van der Waals surface area contributed by atoms with Crippen molar-refractivity contribution in [3.63, 3.8) is 0 Å². The Kier molecular flexibility index (Phi) is 6.29. The van der Waals surface area contributed by atoms with Crippen molar-refractivity contribution < 1.29 is 4.79 Å². The molecular weight excluding hydrogens is 438 g/mol. The maximum Gasteiger partial charge on any atom is 0.220 e. The first-order valence-corrected chi connectivity index (χ1v) is 10.9. The molecule has 1 heterocycles. The Morgan fingerprint density at radius 3 is 2.43 bits per heavy atom. The zero-order chi connectivity index (χ0) is 20.9. The standard InChI is InChI=1S/C25H24BrN3O/c1-18(27-24(30)16-13-19-7-3-2-4-8-19)25-28-22-9-5-6-10-23(22)29(25)17-20-11-14-21(26)15-12-20/h2-12,14-15,18H,13,16-17H2,1H3,(H,27,30). The predicted octanol–water partition coefficient (Wildman–Crippen LogP) is 5.66. The number of halogens is 1. The van der Waals surface area contributed by atoms with Gasteiger partial charge in [0.15, 0.2) is 0 Å². The van der Waals surface area contributed by atoms with Crippen LogP contribution in [0.1, 0.15) is 36.3 Å². The van der Waals surface area contributed by atoms with E-state index >= 15 is 0 Å². The van der Waals surface area contributed by atoms with Crippen LogP contribution in [0.25, 0.3) is 11.0 Å². The van der Waals surface area contributed by atoms with Gasteiger partial charge >= 0.3 is 0 Å². The van der Waals surface area contributed by atoms with Gasteiger partial charge in [-0.25, -0.2) is 4.98 Å². The number of nitrogens with zero attached hydrogens (tertiary/aromatic N) is 2. The molecule has 0 aliphatic carbocycles. The Labute approximate surface area is 185 Å². The minimum absolute atomic E-state index is 0.0357. The Bertz CT molecular complexity index is 1140. The second kappa shape index (κ2) is 9.26. The van der Waals surface area contributed by atoms with Crippen molar-refractivity contribution in [2.75, 3.05) is 0 Å². The summed E-state index contributed by atoms with van der Waals surface area (Å²) in [6.45, 7) is 2.70.